The molecule has 80 valence electrons. The van der Waals surface area contributed by atoms with E-state index in [9.17, 15) is 0 Å². The molecule has 0 aliphatic rings. The predicted octanol–water partition coefficient (Wildman–Crippen LogP) is 1.29. The average molecular weight is 204 g/mol. The van der Waals surface area contributed by atoms with E-state index < -0.39 is 0 Å². The van der Waals surface area contributed by atoms with Crippen LogP contribution in [-0.2, 0) is 6.42 Å². The third-order valence-corrected chi connectivity index (χ3v) is 1.93. The Kier molecular flexibility index (Phi) is 4.65. The van der Waals surface area contributed by atoms with Crippen molar-refractivity contribution < 1.29 is 4.74 Å². The second kappa shape index (κ2) is 6.05. The highest BCUT2D eigenvalue weighted by Crippen LogP contribution is 2.16. The standard InChI is InChI=1S/C12H16N2O/c1-3-4-9-15-12-6-5-10(2)14-11(12)7-8-13/h5-6H,7-9,13H2,1-2H3. The first-order valence-corrected chi connectivity index (χ1v) is 4.97. The summed E-state index contributed by atoms with van der Waals surface area (Å²) >= 11 is 0. The van der Waals surface area contributed by atoms with Gasteiger partial charge in [-0.25, -0.2) is 0 Å². The molecule has 0 amide bonds. The molecule has 0 aliphatic heterocycles. The van der Waals surface area contributed by atoms with Gasteiger partial charge in [0.2, 0.25) is 0 Å². The highest BCUT2D eigenvalue weighted by molar-refractivity contribution is 5.30. The topological polar surface area (TPSA) is 48.1 Å². The molecular formula is C12H16N2O. The molecule has 0 saturated carbocycles. The van der Waals surface area contributed by atoms with Gasteiger partial charge in [0.25, 0.3) is 0 Å². The normalized spacial score (nSPS) is 9.27. The molecule has 0 spiro atoms. The van der Waals surface area contributed by atoms with Gasteiger partial charge in [0.1, 0.15) is 12.4 Å². The number of aromatic nitrogens is 1. The first kappa shape index (κ1) is 11.5. The van der Waals surface area contributed by atoms with Crippen molar-refractivity contribution in [2.45, 2.75) is 20.3 Å². The van der Waals surface area contributed by atoms with Crippen LogP contribution < -0.4 is 10.5 Å². The summed E-state index contributed by atoms with van der Waals surface area (Å²) in [5, 5.41) is 0. The third-order valence-electron chi connectivity index (χ3n) is 1.93. The Bertz CT molecular complexity index is 377. The van der Waals surface area contributed by atoms with Gasteiger partial charge in [0.05, 0.1) is 5.69 Å². The van der Waals surface area contributed by atoms with Crippen LogP contribution in [0.15, 0.2) is 12.1 Å². The fraction of sp³-hybridized carbons (Fsp3) is 0.417. The second-order valence-electron chi connectivity index (χ2n) is 3.15. The highest BCUT2D eigenvalue weighted by Gasteiger charge is 2.04. The Morgan fingerprint density at radius 1 is 1.47 bits per heavy atom. The SMILES string of the molecule is CC#CCOc1ccc(C)nc1CCN. The summed E-state index contributed by atoms with van der Waals surface area (Å²) in [4.78, 5) is 4.39. The molecule has 1 rings (SSSR count). The lowest BCUT2D eigenvalue weighted by Crippen LogP contribution is -2.08. The van der Waals surface area contributed by atoms with Crippen molar-refractivity contribution in [3.05, 3.63) is 23.5 Å². The molecule has 15 heavy (non-hydrogen) atoms. The lowest BCUT2D eigenvalue weighted by atomic mass is 10.2. The van der Waals surface area contributed by atoms with Gasteiger partial charge in [-0.15, -0.1) is 5.92 Å². The molecule has 0 saturated heterocycles. The summed E-state index contributed by atoms with van der Waals surface area (Å²) < 4.78 is 5.49. The number of rotatable bonds is 4. The molecule has 1 heterocycles. The molecule has 0 fully saturated rings. The lowest BCUT2D eigenvalue weighted by molar-refractivity contribution is 0.363. The van der Waals surface area contributed by atoms with Gasteiger partial charge in [-0.2, -0.15) is 0 Å². The van der Waals surface area contributed by atoms with Crippen LogP contribution in [0.3, 0.4) is 0 Å². The Morgan fingerprint density at radius 2 is 2.27 bits per heavy atom. The first-order valence-electron chi connectivity index (χ1n) is 4.97. The van der Waals surface area contributed by atoms with Crippen molar-refractivity contribution in [2.75, 3.05) is 13.2 Å². The number of nitrogens with zero attached hydrogens (tertiary/aromatic N) is 1. The number of aryl methyl sites for hydroxylation is 1. The van der Waals surface area contributed by atoms with Gasteiger partial charge in [0, 0.05) is 12.1 Å². The molecule has 0 unspecified atom stereocenters. The summed E-state index contributed by atoms with van der Waals surface area (Å²) in [7, 11) is 0. The maximum Gasteiger partial charge on any atom is 0.149 e. The molecular weight excluding hydrogens is 188 g/mol. The van der Waals surface area contributed by atoms with Gasteiger partial charge in [0.15, 0.2) is 0 Å². The Hall–Kier alpha value is -1.53. The van der Waals surface area contributed by atoms with Crippen LogP contribution >= 0.6 is 0 Å². The fourth-order valence-corrected chi connectivity index (χ4v) is 1.23. The summed E-state index contributed by atoms with van der Waals surface area (Å²) in [5.74, 6) is 6.42. The number of pyridine rings is 1. The zero-order valence-electron chi connectivity index (χ0n) is 9.21. The molecule has 2 N–H and O–H groups in total. The van der Waals surface area contributed by atoms with Crippen molar-refractivity contribution >= 4 is 0 Å². The Labute approximate surface area is 90.7 Å². The molecule has 0 aromatic carbocycles. The maximum atomic E-state index is 5.51. The second-order valence-corrected chi connectivity index (χ2v) is 3.15. The van der Waals surface area contributed by atoms with Crippen molar-refractivity contribution in [2.24, 2.45) is 5.73 Å². The monoisotopic (exact) mass is 204 g/mol. The zero-order chi connectivity index (χ0) is 11.1. The van der Waals surface area contributed by atoms with E-state index in [0.29, 0.717) is 13.2 Å². The van der Waals surface area contributed by atoms with Crippen LogP contribution in [0, 0.1) is 18.8 Å². The predicted molar refractivity (Wildman–Crippen MR) is 60.7 cm³/mol. The summed E-state index contributed by atoms with van der Waals surface area (Å²) in [6.45, 7) is 4.72. The van der Waals surface area contributed by atoms with Crippen molar-refractivity contribution in [3.63, 3.8) is 0 Å². The minimum Gasteiger partial charge on any atom is -0.479 e. The van der Waals surface area contributed by atoms with Gasteiger partial charge >= 0.3 is 0 Å². The van der Waals surface area contributed by atoms with Crippen molar-refractivity contribution in [1.29, 1.82) is 0 Å². The van der Waals surface area contributed by atoms with E-state index in [0.717, 1.165) is 23.6 Å². The molecule has 0 radical (unpaired) electrons. The van der Waals surface area contributed by atoms with Crippen LogP contribution in [0.2, 0.25) is 0 Å². The first-order chi connectivity index (χ1) is 7.27. The average Bonchev–Trinajstić information content (AvgIpc) is 2.22. The number of hydrogen-bond acceptors (Lipinski definition) is 3. The molecule has 0 atom stereocenters. The van der Waals surface area contributed by atoms with E-state index in [2.05, 4.69) is 16.8 Å². The molecule has 0 aliphatic carbocycles. The minimum atomic E-state index is 0.402. The molecule has 0 bridgehead atoms. The molecule has 3 heteroatoms. The molecule has 1 aromatic rings. The van der Waals surface area contributed by atoms with Gasteiger partial charge in [-0.1, -0.05) is 5.92 Å². The summed E-state index contributed by atoms with van der Waals surface area (Å²) in [6, 6.07) is 3.85. The van der Waals surface area contributed by atoms with Crippen molar-refractivity contribution in [3.8, 4) is 17.6 Å². The van der Waals surface area contributed by atoms with Crippen molar-refractivity contribution in [1.82, 2.24) is 4.98 Å². The summed E-state index contributed by atoms with van der Waals surface area (Å²) in [5.41, 5.74) is 7.40. The van der Waals surface area contributed by atoms with Gasteiger partial charge in [-0.3, -0.25) is 4.98 Å². The van der Waals surface area contributed by atoms with Gasteiger partial charge < -0.3 is 10.5 Å². The van der Waals surface area contributed by atoms with Crippen LogP contribution in [0.5, 0.6) is 5.75 Å². The fourth-order valence-electron chi connectivity index (χ4n) is 1.23. The Morgan fingerprint density at radius 3 is 2.93 bits per heavy atom. The molecule has 3 nitrogen and oxygen atoms in total. The Balaban J connectivity index is 2.78. The minimum absolute atomic E-state index is 0.402. The maximum absolute atomic E-state index is 5.51. The zero-order valence-corrected chi connectivity index (χ0v) is 9.21. The summed E-state index contributed by atoms with van der Waals surface area (Å²) in [6.07, 6.45) is 0.733. The molecule has 1 aromatic heterocycles. The van der Waals surface area contributed by atoms with Crippen LogP contribution in [0.25, 0.3) is 0 Å². The van der Waals surface area contributed by atoms with E-state index >= 15 is 0 Å². The lowest BCUT2D eigenvalue weighted by Gasteiger charge is -2.08. The smallest absolute Gasteiger partial charge is 0.149 e. The van der Waals surface area contributed by atoms with E-state index in [1.54, 1.807) is 6.92 Å². The number of ether oxygens (including phenoxy) is 1. The van der Waals surface area contributed by atoms with E-state index in [1.165, 1.54) is 0 Å². The number of nitrogens with two attached hydrogens (primary N) is 1. The quantitative estimate of drug-likeness (QED) is 0.752. The van der Waals surface area contributed by atoms with Gasteiger partial charge in [-0.05, 0) is 32.5 Å². The third kappa shape index (κ3) is 3.61. The van der Waals surface area contributed by atoms with Crippen LogP contribution in [-0.4, -0.2) is 18.1 Å². The highest BCUT2D eigenvalue weighted by atomic mass is 16.5. The largest absolute Gasteiger partial charge is 0.479 e. The van der Waals surface area contributed by atoms with Crippen LogP contribution in [0.1, 0.15) is 18.3 Å². The van der Waals surface area contributed by atoms with Crippen LogP contribution in [0.4, 0.5) is 0 Å². The van der Waals surface area contributed by atoms with E-state index in [-0.39, 0.29) is 0 Å². The van der Waals surface area contributed by atoms with E-state index in [1.807, 2.05) is 19.1 Å². The van der Waals surface area contributed by atoms with E-state index in [4.69, 9.17) is 10.5 Å². The number of hydrogen-bond donors (Lipinski definition) is 1.